The Bertz CT molecular complexity index is 705. The van der Waals surface area contributed by atoms with E-state index in [1.165, 1.54) is 17.7 Å². The molecule has 7 heteroatoms. The molecule has 1 aliphatic heterocycles. The normalized spacial score (nSPS) is 18.0. The lowest BCUT2D eigenvalue weighted by molar-refractivity contribution is -0.125. The molecule has 7 nitrogen and oxygen atoms in total. The Morgan fingerprint density at radius 2 is 2.00 bits per heavy atom. The summed E-state index contributed by atoms with van der Waals surface area (Å²) in [6, 6.07) is 1.47. The van der Waals surface area contributed by atoms with Crippen LogP contribution in [-0.2, 0) is 18.9 Å². The molecule has 0 bridgehead atoms. The minimum absolute atomic E-state index is 0.0641. The number of piperidine rings is 1. The standard InChI is InChI=1S/C17H28N4O3/c1-12(2)7-8-18-16(23)13-6-5-9-21(11-13)14-10-15(22)20(4)17(24)19(14)3/h10,12-13H,5-9,11H2,1-4H3,(H,18,23)/t13-/m0/s1. The third-order valence-electron chi connectivity index (χ3n) is 4.64. The van der Waals surface area contributed by atoms with E-state index in [0.717, 1.165) is 30.4 Å². The molecule has 0 unspecified atom stereocenters. The minimum atomic E-state index is -0.346. The van der Waals surface area contributed by atoms with Gasteiger partial charge in [-0.15, -0.1) is 0 Å². The highest BCUT2D eigenvalue weighted by molar-refractivity contribution is 5.79. The summed E-state index contributed by atoms with van der Waals surface area (Å²) in [6.45, 7) is 6.23. The molecule has 0 aliphatic carbocycles. The molecule has 1 fully saturated rings. The van der Waals surface area contributed by atoms with E-state index in [4.69, 9.17) is 0 Å². The molecule has 2 rings (SSSR count). The molecule has 1 aromatic rings. The highest BCUT2D eigenvalue weighted by atomic mass is 16.2. The highest BCUT2D eigenvalue weighted by Crippen LogP contribution is 2.21. The van der Waals surface area contributed by atoms with E-state index in [1.54, 1.807) is 7.05 Å². The molecule has 134 valence electrons. The zero-order valence-corrected chi connectivity index (χ0v) is 15.0. The van der Waals surface area contributed by atoms with Gasteiger partial charge in [-0.05, 0) is 25.2 Å². The summed E-state index contributed by atoms with van der Waals surface area (Å²) in [7, 11) is 3.12. The number of amides is 1. The maximum absolute atomic E-state index is 12.4. The molecule has 24 heavy (non-hydrogen) atoms. The number of rotatable bonds is 5. The van der Waals surface area contributed by atoms with Gasteiger partial charge in [0.15, 0.2) is 0 Å². The van der Waals surface area contributed by atoms with Gasteiger partial charge in [0.1, 0.15) is 5.82 Å². The van der Waals surface area contributed by atoms with Gasteiger partial charge in [-0.25, -0.2) is 4.79 Å². The Balaban J connectivity index is 2.10. The van der Waals surface area contributed by atoms with Crippen molar-refractivity contribution in [3.8, 4) is 0 Å². The SMILES string of the molecule is CC(C)CCNC(=O)[C@H]1CCCN(c2cc(=O)n(C)c(=O)n2C)C1. The average Bonchev–Trinajstić information content (AvgIpc) is 2.56. The first-order valence-electron chi connectivity index (χ1n) is 8.61. The number of carbonyl (C=O) groups is 1. The Morgan fingerprint density at radius 1 is 1.29 bits per heavy atom. The highest BCUT2D eigenvalue weighted by Gasteiger charge is 2.27. The quantitative estimate of drug-likeness (QED) is 0.848. The van der Waals surface area contributed by atoms with Crippen molar-refractivity contribution in [2.45, 2.75) is 33.1 Å². The molecule has 1 amide bonds. The molecular weight excluding hydrogens is 308 g/mol. The first kappa shape index (κ1) is 18.3. The maximum atomic E-state index is 12.4. The molecule has 0 aromatic carbocycles. The number of nitrogens with one attached hydrogen (secondary N) is 1. The fraction of sp³-hybridized carbons (Fsp3) is 0.706. The summed E-state index contributed by atoms with van der Waals surface area (Å²) in [4.78, 5) is 38.3. The van der Waals surface area contributed by atoms with E-state index in [1.807, 2.05) is 4.90 Å². The molecule has 1 aliphatic rings. The minimum Gasteiger partial charge on any atom is -0.357 e. The fourth-order valence-electron chi connectivity index (χ4n) is 3.05. The van der Waals surface area contributed by atoms with Gasteiger partial charge in [0.2, 0.25) is 5.91 Å². The molecule has 1 aromatic heterocycles. The van der Waals surface area contributed by atoms with Crippen molar-refractivity contribution in [1.82, 2.24) is 14.5 Å². The van der Waals surface area contributed by atoms with E-state index in [0.29, 0.717) is 24.8 Å². The van der Waals surface area contributed by atoms with Crippen molar-refractivity contribution in [1.29, 1.82) is 0 Å². The summed E-state index contributed by atoms with van der Waals surface area (Å²) in [5.41, 5.74) is -0.669. The van der Waals surface area contributed by atoms with Crippen LogP contribution < -0.4 is 21.5 Å². The number of hydrogen-bond acceptors (Lipinski definition) is 4. The van der Waals surface area contributed by atoms with Crippen molar-refractivity contribution in [3.05, 3.63) is 26.9 Å². The monoisotopic (exact) mass is 336 g/mol. The molecule has 0 spiro atoms. The first-order valence-corrected chi connectivity index (χ1v) is 8.61. The van der Waals surface area contributed by atoms with Crippen molar-refractivity contribution in [3.63, 3.8) is 0 Å². The van der Waals surface area contributed by atoms with Crippen LogP contribution >= 0.6 is 0 Å². The van der Waals surface area contributed by atoms with Gasteiger partial charge < -0.3 is 10.2 Å². The van der Waals surface area contributed by atoms with Gasteiger partial charge >= 0.3 is 5.69 Å². The van der Waals surface area contributed by atoms with Crippen LogP contribution in [0, 0.1) is 11.8 Å². The van der Waals surface area contributed by atoms with Gasteiger partial charge in [-0.1, -0.05) is 13.8 Å². The van der Waals surface area contributed by atoms with Crippen LogP contribution in [0.5, 0.6) is 0 Å². The summed E-state index contributed by atoms with van der Waals surface area (Å²) in [5, 5.41) is 3.00. The summed E-state index contributed by atoms with van der Waals surface area (Å²) in [5.74, 6) is 1.10. The molecule has 0 saturated carbocycles. The van der Waals surface area contributed by atoms with Crippen molar-refractivity contribution in [2.24, 2.45) is 25.9 Å². The molecule has 1 N–H and O–H groups in total. The number of carbonyl (C=O) groups excluding carboxylic acids is 1. The smallest absolute Gasteiger partial charge is 0.332 e. The lowest BCUT2D eigenvalue weighted by Gasteiger charge is -2.34. The third-order valence-corrected chi connectivity index (χ3v) is 4.64. The van der Waals surface area contributed by atoms with E-state index >= 15 is 0 Å². The largest absolute Gasteiger partial charge is 0.357 e. The molecule has 1 saturated heterocycles. The molecule has 2 heterocycles. The number of aromatic nitrogens is 2. The summed E-state index contributed by atoms with van der Waals surface area (Å²) in [6.07, 6.45) is 2.67. The summed E-state index contributed by atoms with van der Waals surface area (Å²) < 4.78 is 2.56. The molecule has 1 atom stereocenters. The zero-order chi connectivity index (χ0) is 17.9. The second-order valence-electron chi connectivity index (χ2n) is 7.00. The predicted octanol–water partition coefficient (Wildman–Crippen LogP) is 0.463. The van der Waals surface area contributed by atoms with Crippen LogP contribution in [-0.4, -0.2) is 34.7 Å². The van der Waals surface area contributed by atoms with Crippen LogP contribution in [0.2, 0.25) is 0 Å². The second kappa shape index (κ2) is 7.68. The van der Waals surface area contributed by atoms with Crippen molar-refractivity contribution >= 4 is 11.7 Å². The fourth-order valence-corrected chi connectivity index (χ4v) is 3.05. The Morgan fingerprint density at radius 3 is 2.67 bits per heavy atom. The molecule has 0 radical (unpaired) electrons. The van der Waals surface area contributed by atoms with Crippen LogP contribution in [0.3, 0.4) is 0 Å². The average molecular weight is 336 g/mol. The van der Waals surface area contributed by atoms with Crippen molar-refractivity contribution in [2.75, 3.05) is 24.5 Å². The molecular formula is C17H28N4O3. The number of anilines is 1. The zero-order valence-electron chi connectivity index (χ0n) is 15.0. The van der Waals surface area contributed by atoms with Gasteiger partial charge in [-0.3, -0.25) is 18.7 Å². The van der Waals surface area contributed by atoms with Gasteiger partial charge in [-0.2, -0.15) is 0 Å². The topological polar surface area (TPSA) is 76.3 Å². The summed E-state index contributed by atoms with van der Waals surface area (Å²) >= 11 is 0. The van der Waals surface area contributed by atoms with Gasteiger partial charge in [0.05, 0.1) is 5.92 Å². The van der Waals surface area contributed by atoms with Crippen molar-refractivity contribution < 1.29 is 4.79 Å². The Kier molecular flexibility index (Phi) is 5.85. The van der Waals surface area contributed by atoms with Gasteiger partial charge in [0.25, 0.3) is 5.56 Å². The van der Waals surface area contributed by atoms with E-state index in [-0.39, 0.29) is 23.1 Å². The Labute approximate surface area is 142 Å². The maximum Gasteiger partial charge on any atom is 0.332 e. The Hall–Kier alpha value is -2.05. The lowest BCUT2D eigenvalue weighted by atomic mass is 9.97. The van der Waals surface area contributed by atoms with Gasteiger partial charge in [0, 0.05) is 39.8 Å². The lowest BCUT2D eigenvalue weighted by Crippen LogP contribution is -2.46. The number of hydrogen-bond donors (Lipinski definition) is 1. The van der Waals surface area contributed by atoms with Crippen LogP contribution in [0.25, 0.3) is 0 Å². The van der Waals surface area contributed by atoms with Crippen LogP contribution in [0.4, 0.5) is 5.82 Å². The number of nitrogens with zero attached hydrogens (tertiary/aromatic N) is 3. The third kappa shape index (κ3) is 4.07. The van der Waals surface area contributed by atoms with Crippen LogP contribution in [0.15, 0.2) is 15.7 Å². The second-order valence-corrected chi connectivity index (χ2v) is 7.00. The first-order chi connectivity index (χ1) is 11.3. The predicted molar refractivity (Wildman–Crippen MR) is 94.3 cm³/mol. The van der Waals surface area contributed by atoms with E-state index < -0.39 is 0 Å². The van der Waals surface area contributed by atoms with E-state index in [2.05, 4.69) is 19.2 Å². The van der Waals surface area contributed by atoms with E-state index in [9.17, 15) is 14.4 Å². The van der Waals surface area contributed by atoms with Crippen LogP contribution in [0.1, 0.15) is 33.1 Å².